The first-order valence-corrected chi connectivity index (χ1v) is 6.20. The van der Waals surface area contributed by atoms with Gasteiger partial charge in [-0.3, -0.25) is 4.79 Å². The molecule has 5 heteroatoms. The molecule has 5 nitrogen and oxygen atoms in total. The van der Waals surface area contributed by atoms with Gasteiger partial charge < -0.3 is 15.6 Å². The van der Waals surface area contributed by atoms with Crippen LogP contribution in [0.15, 0.2) is 30.6 Å². The molecule has 0 spiro atoms. The Morgan fingerprint density at radius 3 is 2.84 bits per heavy atom. The Hall–Kier alpha value is -2.30. The highest BCUT2D eigenvalue weighted by atomic mass is 16.1. The molecule has 0 saturated carbocycles. The summed E-state index contributed by atoms with van der Waals surface area (Å²) in [5.74, 6) is 0.629. The van der Waals surface area contributed by atoms with Gasteiger partial charge in [-0.2, -0.15) is 0 Å². The lowest BCUT2D eigenvalue weighted by atomic mass is 10.1. The monoisotopic (exact) mass is 258 g/mol. The van der Waals surface area contributed by atoms with E-state index in [1.54, 1.807) is 19.4 Å². The number of hydrogen-bond donors (Lipinski definition) is 3. The number of H-pyrrole nitrogens is 1. The zero-order chi connectivity index (χ0) is 13.8. The summed E-state index contributed by atoms with van der Waals surface area (Å²) in [5.41, 5.74) is 2.51. The SMILES string of the molecule is CNc1ccc(C)cc1C(=O)NC(C)c1ncc[nH]1. The van der Waals surface area contributed by atoms with Crippen molar-refractivity contribution in [2.45, 2.75) is 19.9 Å². The highest BCUT2D eigenvalue weighted by Gasteiger charge is 2.15. The van der Waals surface area contributed by atoms with Crippen LogP contribution < -0.4 is 10.6 Å². The molecule has 1 heterocycles. The smallest absolute Gasteiger partial charge is 0.253 e. The van der Waals surface area contributed by atoms with E-state index in [9.17, 15) is 4.79 Å². The Morgan fingerprint density at radius 2 is 2.21 bits per heavy atom. The van der Waals surface area contributed by atoms with Gasteiger partial charge in [-0.15, -0.1) is 0 Å². The number of amides is 1. The van der Waals surface area contributed by atoms with Crippen molar-refractivity contribution >= 4 is 11.6 Å². The van der Waals surface area contributed by atoms with Gasteiger partial charge in [0.05, 0.1) is 11.6 Å². The Kier molecular flexibility index (Phi) is 3.85. The van der Waals surface area contributed by atoms with E-state index in [1.165, 1.54) is 0 Å². The largest absolute Gasteiger partial charge is 0.387 e. The molecule has 2 aromatic rings. The number of rotatable bonds is 4. The predicted molar refractivity (Wildman–Crippen MR) is 75.2 cm³/mol. The van der Waals surface area contributed by atoms with Gasteiger partial charge in [-0.1, -0.05) is 11.6 Å². The first-order valence-electron chi connectivity index (χ1n) is 6.20. The number of benzene rings is 1. The summed E-state index contributed by atoms with van der Waals surface area (Å²) in [5, 5.41) is 5.96. The normalized spacial score (nSPS) is 11.9. The molecule has 1 amide bonds. The fourth-order valence-electron chi connectivity index (χ4n) is 1.92. The fraction of sp³-hybridized carbons (Fsp3) is 0.286. The van der Waals surface area contributed by atoms with Crippen molar-refractivity contribution < 1.29 is 4.79 Å². The highest BCUT2D eigenvalue weighted by molar-refractivity contribution is 5.99. The third-order valence-electron chi connectivity index (χ3n) is 2.97. The van der Waals surface area contributed by atoms with Crippen LogP contribution in [0.1, 0.15) is 34.7 Å². The van der Waals surface area contributed by atoms with Crippen LogP contribution in [0.5, 0.6) is 0 Å². The molecule has 1 atom stereocenters. The number of aryl methyl sites for hydroxylation is 1. The van der Waals surface area contributed by atoms with Crippen molar-refractivity contribution in [3.8, 4) is 0 Å². The molecule has 0 bridgehead atoms. The lowest BCUT2D eigenvalue weighted by Crippen LogP contribution is -2.28. The Morgan fingerprint density at radius 1 is 1.42 bits per heavy atom. The quantitative estimate of drug-likeness (QED) is 0.787. The highest BCUT2D eigenvalue weighted by Crippen LogP contribution is 2.18. The summed E-state index contributed by atoms with van der Waals surface area (Å²) in [7, 11) is 1.80. The van der Waals surface area contributed by atoms with Gasteiger partial charge in [0.1, 0.15) is 5.82 Å². The van der Waals surface area contributed by atoms with Crippen LogP contribution in [0.3, 0.4) is 0 Å². The summed E-state index contributed by atoms with van der Waals surface area (Å²) < 4.78 is 0. The minimum Gasteiger partial charge on any atom is -0.387 e. The Balaban J connectivity index is 2.18. The summed E-state index contributed by atoms with van der Waals surface area (Å²) in [4.78, 5) is 19.4. The van der Waals surface area contributed by atoms with Crippen LogP contribution in [0.4, 0.5) is 5.69 Å². The number of aromatic amines is 1. The van der Waals surface area contributed by atoms with E-state index in [4.69, 9.17) is 0 Å². The van der Waals surface area contributed by atoms with Crippen LogP contribution in [0, 0.1) is 6.92 Å². The molecule has 19 heavy (non-hydrogen) atoms. The Bertz CT molecular complexity index is 563. The number of hydrogen-bond acceptors (Lipinski definition) is 3. The number of anilines is 1. The topological polar surface area (TPSA) is 69.8 Å². The summed E-state index contributed by atoms with van der Waals surface area (Å²) in [6, 6.07) is 5.59. The number of imidazole rings is 1. The molecule has 3 N–H and O–H groups in total. The van der Waals surface area contributed by atoms with E-state index in [0.717, 1.165) is 17.1 Å². The van der Waals surface area contributed by atoms with Crippen LogP contribution in [-0.2, 0) is 0 Å². The number of aromatic nitrogens is 2. The van der Waals surface area contributed by atoms with E-state index in [1.807, 2.05) is 32.0 Å². The van der Waals surface area contributed by atoms with Crippen LogP contribution in [0.25, 0.3) is 0 Å². The summed E-state index contributed by atoms with van der Waals surface area (Å²) >= 11 is 0. The van der Waals surface area contributed by atoms with Gasteiger partial charge >= 0.3 is 0 Å². The van der Waals surface area contributed by atoms with E-state index in [-0.39, 0.29) is 11.9 Å². The molecule has 1 aromatic heterocycles. The number of nitrogens with one attached hydrogen (secondary N) is 3. The number of carbonyl (C=O) groups excluding carboxylic acids is 1. The average molecular weight is 258 g/mol. The third-order valence-corrected chi connectivity index (χ3v) is 2.97. The molecule has 0 fully saturated rings. The second kappa shape index (κ2) is 5.56. The lowest BCUT2D eigenvalue weighted by molar-refractivity contribution is 0.0939. The van der Waals surface area contributed by atoms with Gasteiger partial charge in [-0.05, 0) is 26.0 Å². The minimum absolute atomic E-state index is 0.114. The van der Waals surface area contributed by atoms with Crippen molar-refractivity contribution in [2.75, 3.05) is 12.4 Å². The average Bonchev–Trinajstić information content (AvgIpc) is 2.92. The molecule has 100 valence electrons. The zero-order valence-corrected chi connectivity index (χ0v) is 11.3. The van der Waals surface area contributed by atoms with Gasteiger partial charge in [0.25, 0.3) is 5.91 Å². The maximum absolute atomic E-state index is 12.3. The standard InChI is InChI=1S/C14H18N4O/c1-9-4-5-12(15-3)11(8-9)14(19)18-10(2)13-16-6-7-17-13/h4-8,10,15H,1-3H3,(H,16,17)(H,18,19). The molecule has 1 unspecified atom stereocenters. The lowest BCUT2D eigenvalue weighted by Gasteiger charge is -2.14. The first kappa shape index (κ1) is 13.1. The number of carbonyl (C=O) groups is 1. The van der Waals surface area contributed by atoms with E-state index in [0.29, 0.717) is 5.56 Å². The zero-order valence-electron chi connectivity index (χ0n) is 11.3. The minimum atomic E-state index is -0.160. The predicted octanol–water partition coefficient (Wildman–Crippen LogP) is 2.25. The van der Waals surface area contributed by atoms with Crippen molar-refractivity contribution in [3.05, 3.63) is 47.5 Å². The van der Waals surface area contributed by atoms with Crippen LogP contribution in [0.2, 0.25) is 0 Å². The van der Waals surface area contributed by atoms with Gasteiger partial charge in [-0.25, -0.2) is 4.98 Å². The van der Waals surface area contributed by atoms with Crippen molar-refractivity contribution in [1.82, 2.24) is 15.3 Å². The van der Waals surface area contributed by atoms with E-state index < -0.39 is 0 Å². The maximum atomic E-state index is 12.3. The molecule has 0 aliphatic rings. The van der Waals surface area contributed by atoms with E-state index in [2.05, 4.69) is 20.6 Å². The van der Waals surface area contributed by atoms with Gasteiger partial charge in [0.15, 0.2) is 0 Å². The molecular formula is C14H18N4O. The molecule has 1 aromatic carbocycles. The summed E-state index contributed by atoms with van der Waals surface area (Å²) in [6.45, 7) is 3.86. The molecule has 0 aliphatic heterocycles. The van der Waals surface area contributed by atoms with Gasteiger partial charge in [0.2, 0.25) is 0 Å². The molecular weight excluding hydrogens is 240 g/mol. The number of nitrogens with zero attached hydrogens (tertiary/aromatic N) is 1. The maximum Gasteiger partial charge on any atom is 0.253 e. The van der Waals surface area contributed by atoms with Crippen LogP contribution in [-0.4, -0.2) is 22.9 Å². The second-order valence-electron chi connectivity index (χ2n) is 4.47. The van der Waals surface area contributed by atoms with Gasteiger partial charge in [0, 0.05) is 25.1 Å². The molecule has 2 rings (SSSR count). The molecule has 0 radical (unpaired) electrons. The second-order valence-corrected chi connectivity index (χ2v) is 4.47. The van der Waals surface area contributed by atoms with Crippen molar-refractivity contribution in [2.24, 2.45) is 0 Å². The van der Waals surface area contributed by atoms with Crippen molar-refractivity contribution in [1.29, 1.82) is 0 Å². The van der Waals surface area contributed by atoms with E-state index >= 15 is 0 Å². The first-order chi connectivity index (χ1) is 9.11. The fourth-order valence-corrected chi connectivity index (χ4v) is 1.92. The molecule has 0 aliphatic carbocycles. The van der Waals surface area contributed by atoms with Crippen molar-refractivity contribution in [3.63, 3.8) is 0 Å². The summed E-state index contributed by atoms with van der Waals surface area (Å²) in [6.07, 6.45) is 3.41. The molecule has 0 saturated heterocycles. The van der Waals surface area contributed by atoms with Crippen LogP contribution >= 0.6 is 0 Å². The third kappa shape index (κ3) is 2.93. The Labute approximate surface area is 112 Å².